The molecule has 0 fully saturated rings. The van der Waals surface area contributed by atoms with E-state index in [0.717, 1.165) is 13.0 Å². The van der Waals surface area contributed by atoms with Gasteiger partial charge in [0.15, 0.2) is 10.9 Å². The first-order chi connectivity index (χ1) is 11.6. The van der Waals surface area contributed by atoms with E-state index in [1.54, 1.807) is 24.3 Å². The number of benzene rings is 1. The molecule has 0 aliphatic carbocycles. The smallest absolute Gasteiger partial charge is 0.305 e. The molecule has 1 aromatic carbocycles. The molecule has 0 saturated heterocycles. The lowest BCUT2D eigenvalue weighted by atomic mass is 10.3. The van der Waals surface area contributed by atoms with Crippen molar-refractivity contribution in [2.24, 2.45) is 0 Å². The van der Waals surface area contributed by atoms with E-state index < -0.39 is 5.91 Å². The fourth-order valence-electron chi connectivity index (χ4n) is 1.75. The maximum absolute atomic E-state index is 11.9. The van der Waals surface area contributed by atoms with Gasteiger partial charge >= 0.3 is 5.91 Å². The molecule has 0 aliphatic heterocycles. The SMILES string of the molecule is CCCNC(=S)NNC(=O)c1ccc(COc2ccccc2Cl)o1. The van der Waals surface area contributed by atoms with Gasteiger partial charge in [0.05, 0.1) is 5.02 Å². The molecule has 128 valence electrons. The largest absolute Gasteiger partial charge is 0.484 e. The van der Waals surface area contributed by atoms with E-state index in [0.29, 0.717) is 21.6 Å². The average Bonchev–Trinajstić information content (AvgIpc) is 3.06. The zero-order valence-corrected chi connectivity index (χ0v) is 14.7. The minimum atomic E-state index is -0.431. The predicted octanol–water partition coefficient (Wildman–Crippen LogP) is 3.03. The number of carbonyl (C=O) groups excluding carboxylic acids is 1. The van der Waals surface area contributed by atoms with Gasteiger partial charge in [0.1, 0.15) is 18.1 Å². The van der Waals surface area contributed by atoms with E-state index in [4.69, 9.17) is 33.0 Å². The van der Waals surface area contributed by atoms with E-state index >= 15 is 0 Å². The van der Waals surface area contributed by atoms with Gasteiger partial charge in [0.2, 0.25) is 0 Å². The summed E-state index contributed by atoms with van der Waals surface area (Å²) in [6.07, 6.45) is 0.933. The van der Waals surface area contributed by atoms with Crippen molar-refractivity contribution in [2.75, 3.05) is 6.54 Å². The molecule has 0 radical (unpaired) electrons. The van der Waals surface area contributed by atoms with Crippen molar-refractivity contribution < 1.29 is 13.9 Å². The second kappa shape index (κ2) is 9.14. The number of para-hydroxylation sites is 1. The molecule has 0 bridgehead atoms. The third-order valence-corrected chi connectivity index (χ3v) is 3.48. The van der Waals surface area contributed by atoms with Crippen LogP contribution in [0.5, 0.6) is 5.75 Å². The van der Waals surface area contributed by atoms with Crippen LogP contribution in [0, 0.1) is 0 Å². The fourth-order valence-corrected chi connectivity index (χ4v) is 2.09. The van der Waals surface area contributed by atoms with Crippen LogP contribution in [0.3, 0.4) is 0 Å². The van der Waals surface area contributed by atoms with Crippen molar-refractivity contribution in [3.05, 3.63) is 52.9 Å². The zero-order valence-electron chi connectivity index (χ0n) is 13.1. The van der Waals surface area contributed by atoms with Gasteiger partial charge in [-0.15, -0.1) is 0 Å². The monoisotopic (exact) mass is 367 g/mol. The topological polar surface area (TPSA) is 75.5 Å². The molecule has 1 heterocycles. The first-order valence-corrected chi connectivity index (χ1v) is 8.19. The summed E-state index contributed by atoms with van der Waals surface area (Å²) >= 11 is 11.0. The number of carbonyl (C=O) groups is 1. The van der Waals surface area contributed by atoms with Crippen molar-refractivity contribution in [3.8, 4) is 5.75 Å². The third kappa shape index (κ3) is 5.43. The maximum atomic E-state index is 11.9. The van der Waals surface area contributed by atoms with E-state index in [2.05, 4.69) is 16.2 Å². The van der Waals surface area contributed by atoms with Crippen LogP contribution < -0.4 is 20.9 Å². The first-order valence-electron chi connectivity index (χ1n) is 7.40. The highest BCUT2D eigenvalue weighted by molar-refractivity contribution is 7.80. The number of amides is 1. The normalized spacial score (nSPS) is 10.1. The van der Waals surface area contributed by atoms with Gasteiger partial charge in [0.25, 0.3) is 0 Å². The lowest BCUT2D eigenvalue weighted by molar-refractivity contribution is 0.0911. The van der Waals surface area contributed by atoms with Gasteiger partial charge < -0.3 is 14.5 Å². The van der Waals surface area contributed by atoms with Crippen LogP contribution in [-0.4, -0.2) is 17.6 Å². The number of hydrogen-bond acceptors (Lipinski definition) is 4. The highest BCUT2D eigenvalue weighted by Crippen LogP contribution is 2.24. The number of hydrazine groups is 1. The standard InChI is InChI=1S/C16H18ClN3O3S/c1-2-9-18-16(24)20-19-15(21)14-8-7-11(23-14)10-22-13-6-4-3-5-12(13)17/h3-8H,2,9-10H2,1H3,(H,19,21)(H2,18,20,24). The zero-order chi connectivity index (χ0) is 17.4. The minimum Gasteiger partial charge on any atom is -0.484 e. The van der Waals surface area contributed by atoms with Crippen LogP contribution in [0.4, 0.5) is 0 Å². The molecule has 0 spiro atoms. The van der Waals surface area contributed by atoms with E-state index in [9.17, 15) is 4.79 Å². The Morgan fingerprint density at radius 2 is 2.04 bits per heavy atom. The van der Waals surface area contributed by atoms with Crippen molar-refractivity contribution in [1.29, 1.82) is 0 Å². The van der Waals surface area contributed by atoms with Crippen LogP contribution >= 0.6 is 23.8 Å². The lowest BCUT2D eigenvalue weighted by Gasteiger charge is -2.09. The van der Waals surface area contributed by atoms with Crippen molar-refractivity contribution in [3.63, 3.8) is 0 Å². The molecule has 1 amide bonds. The highest BCUT2D eigenvalue weighted by atomic mass is 35.5. The fraction of sp³-hybridized carbons (Fsp3) is 0.250. The van der Waals surface area contributed by atoms with Gasteiger partial charge in [0, 0.05) is 6.54 Å². The Bertz CT molecular complexity index is 705. The van der Waals surface area contributed by atoms with Crippen LogP contribution in [0.1, 0.15) is 29.7 Å². The molecule has 0 saturated carbocycles. The molecule has 0 atom stereocenters. The number of rotatable bonds is 6. The van der Waals surface area contributed by atoms with Crippen LogP contribution in [0.25, 0.3) is 0 Å². The maximum Gasteiger partial charge on any atom is 0.305 e. The first kappa shape index (κ1) is 18.1. The Balaban J connectivity index is 1.83. The molecular weight excluding hydrogens is 350 g/mol. The van der Waals surface area contributed by atoms with Gasteiger partial charge in [-0.05, 0) is 42.9 Å². The quantitative estimate of drug-likeness (QED) is 0.538. The van der Waals surface area contributed by atoms with Gasteiger partial charge in [-0.1, -0.05) is 30.7 Å². The Morgan fingerprint density at radius 3 is 2.79 bits per heavy atom. The van der Waals surface area contributed by atoms with Gasteiger partial charge in [-0.2, -0.15) is 0 Å². The number of halogens is 1. The number of furan rings is 1. The summed E-state index contributed by atoms with van der Waals surface area (Å²) in [5, 5.41) is 3.79. The highest BCUT2D eigenvalue weighted by Gasteiger charge is 2.12. The Hall–Kier alpha value is -2.25. The van der Waals surface area contributed by atoms with E-state index in [1.165, 1.54) is 0 Å². The number of nitrogens with one attached hydrogen (secondary N) is 3. The molecule has 24 heavy (non-hydrogen) atoms. The molecule has 1 aromatic heterocycles. The summed E-state index contributed by atoms with van der Waals surface area (Å²) in [6, 6.07) is 10.4. The third-order valence-electron chi connectivity index (χ3n) is 2.92. The molecule has 0 aliphatic rings. The molecule has 8 heteroatoms. The Morgan fingerprint density at radius 1 is 1.25 bits per heavy atom. The lowest BCUT2D eigenvalue weighted by Crippen LogP contribution is -2.46. The summed E-state index contributed by atoms with van der Waals surface area (Å²) in [4.78, 5) is 11.9. The van der Waals surface area contributed by atoms with Crippen molar-refractivity contribution in [2.45, 2.75) is 20.0 Å². The number of ether oxygens (including phenoxy) is 1. The molecule has 2 aromatic rings. The van der Waals surface area contributed by atoms with E-state index in [-0.39, 0.29) is 12.4 Å². The minimum absolute atomic E-state index is 0.151. The molecule has 2 rings (SSSR count). The summed E-state index contributed by atoms with van der Waals surface area (Å²) in [5.41, 5.74) is 5.06. The van der Waals surface area contributed by atoms with Crippen molar-refractivity contribution >= 4 is 34.8 Å². The average molecular weight is 368 g/mol. The van der Waals surface area contributed by atoms with Crippen LogP contribution in [0.15, 0.2) is 40.8 Å². The van der Waals surface area contributed by atoms with Crippen molar-refractivity contribution in [1.82, 2.24) is 16.2 Å². The second-order valence-corrected chi connectivity index (χ2v) is 5.64. The van der Waals surface area contributed by atoms with Gasteiger partial charge in [-0.25, -0.2) is 0 Å². The summed E-state index contributed by atoms with van der Waals surface area (Å²) in [6.45, 7) is 2.91. The van der Waals surface area contributed by atoms with Gasteiger partial charge in [-0.3, -0.25) is 15.6 Å². The molecule has 3 N–H and O–H groups in total. The molecule has 6 nitrogen and oxygen atoms in total. The summed E-state index contributed by atoms with van der Waals surface area (Å²) in [7, 11) is 0. The number of hydrogen-bond donors (Lipinski definition) is 3. The summed E-state index contributed by atoms with van der Waals surface area (Å²) in [5.74, 6) is 0.778. The molecular formula is C16H18ClN3O3S. The summed E-state index contributed by atoms with van der Waals surface area (Å²) < 4.78 is 11.0. The molecule has 0 unspecified atom stereocenters. The van der Waals surface area contributed by atoms with Crippen LogP contribution in [-0.2, 0) is 6.61 Å². The Kier molecular flexibility index (Phi) is 6.89. The second-order valence-electron chi connectivity index (χ2n) is 4.82. The predicted molar refractivity (Wildman–Crippen MR) is 96.0 cm³/mol. The number of thiocarbonyl (C=S) groups is 1. The van der Waals surface area contributed by atoms with E-state index in [1.807, 2.05) is 19.1 Å². The van der Waals surface area contributed by atoms with Crippen LogP contribution in [0.2, 0.25) is 5.02 Å². The Labute approximate surface area is 150 Å².